The van der Waals surface area contributed by atoms with Crippen molar-refractivity contribution in [3.8, 4) is 5.69 Å². The first-order valence-corrected chi connectivity index (χ1v) is 12.8. The summed E-state index contributed by atoms with van der Waals surface area (Å²) in [6.07, 6.45) is 6.84. The molecule has 5 rings (SSSR count). The van der Waals surface area contributed by atoms with Gasteiger partial charge in [-0.05, 0) is 84.8 Å². The Bertz CT molecular complexity index is 1460. The van der Waals surface area contributed by atoms with Crippen LogP contribution in [0.3, 0.4) is 0 Å². The first kappa shape index (κ1) is 23.8. The monoisotopic (exact) mass is 553 g/mol. The fourth-order valence-corrected chi connectivity index (χ4v) is 5.42. The number of fused-ring (bicyclic) bond motifs is 1. The summed E-state index contributed by atoms with van der Waals surface area (Å²) in [5.41, 5.74) is 3.71. The van der Waals surface area contributed by atoms with Crippen LogP contribution in [0.2, 0.25) is 5.02 Å². The molecule has 1 N–H and O–H groups in total. The van der Waals surface area contributed by atoms with Crippen molar-refractivity contribution >= 4 is 44.5 Å². The third-order valence-electron chi connectivity index (χ3n) is 6.72. The number of carbonyl (C=O) groups is 1. The predicted octanol–water partition coefficient (Wildman–Crippen LogP) is 5.30. The van der Waals surface area contributed by atoms with Gasteiger partial charge in [0.15, 0.2) is 0 Å². The number of nitrogens with zero attached hydrogens (tertiary/aromatic N) is 4. The fourth-order valence-electron chi connectivity index (χ4n) is 4.91. The zero-order valence-corrected chi connectivity index (χ0v) is 21.6. The number of imidazole rings is 1. The molecule has 0 spiro atoms. The molecule has 3 heterocycles. The summed E-state index contributed by atoms with van der Waals surface area (Å²) in [6, 6.07) is 13.3. The van der Waals surface area contributed by atoms with Crippen LogP contribution in [0.1, 0.15) is 41.7 Å². The highest BCUT2D eigenvalue weighted by atomic mass is 79.9. The molecular weight excluding hydrogens is 530 g/mol. The van der Waals surface area contributed by atoms with Gasteiger partial charge in [-0.2, -0.15) is 0 Å². The number of nitrogens with one attached hydrogen (secondary N) is 1. The second kappa shape index (κ2) is 9.95. The maximum Gasteiger partial charge on any atom is 0.333 e. The number of para-hydroxylation sites is 2. The maximum absolute atomic E-state index is 13.5. The fraction of sp³-hybridized carbons (Fsp3) is 0.308. The molecule has 0 bridgehead atoms. The van der Waals surface area contributed by atoms with Crippen molar-refractivity contribution < 1.29 is 4.79 Å². The quantitative estimate of drug-likeness (QED) is 0.340. The number of aryl methyl sites for hydroxylation is 1. The third-order valence-corrected chi connectivity index (χ3v) is 7.37. The Balaban J connectivity index is 1.31. The van der Waals surface area contributed by atoms with Crippen molar-refractivity contribution in [2.24, 2.45) is 5.92 Å². The summed E-state index contributed by atoms with van der Waals surface area (Å²) in [4.78, 5) is 34.6. The molecule has 1 aromatic carbocycles. The Morgan fingerprint density at radius 2 is 1.86 bits per heavy atom. The van der Waals surface area contributed by atoms with Gasteiger partial charge in [0.2, 0.25) is 0 Å². The summed E-state index contributed by atoms with van der Waals surface area (Å²) in [5.74, 6) is 0.225. The molecule has 0 aliphatic heterocycles. The van der Waals surface area contributed by atoms with E-state index in [1.807, 2.05) is 41.0 Å². The highest BCUT2D eigenvalue weighted by Crippen LogP contribution is 2.28. The average molecular weight is 555 g/mol. The van der Waals surface area contributed by atoms with Gasteiger partial charge in [-0.25, -0.2) is 9.78 Å². The SMILES string of the molecule is Cc1ncc(Cl)cc1C(=O)NC1CCC(Cn2c(=O)n(-c3ccnc(Br)c3)c3ccccc32)CC1. The molecule has 1 aliphatic rings. The first-order valence-electron chi connectivity index (χ1n) is 11.7. The number of benzene rings is 1. The molecule has 1 saturated carbocycles. The Labute approximate surface area is 216 Å². The minimum absolute atomic E-state index is 0.0522. The second-order valence-corrected chi connectivity index (χ2v) is 10.3. The van der Waals surface area contributed by atoms with Gasteiger partial charge in [-0.1, -0.05) is 23.7 Å². The van der Waals surface area contributed by atoms with Crippen LogP contribution in [0.5, 0.6) is 0 Å². The number of carbonyl (C=O) groups excluding carboxylic acids is 1. The Morgan fingerprint density at radius 3 is 2.60 bits per heavy atom. The molecule has 0 unspecified atom stereocenters. The molecule has 35 heavy (non-hydrogen) atoms. The van der Waals surface area contributed by atoms with Gasteiger partial charge in [0.05, 0.1) is 33.0 Å². The van der Waals surface area contributed by atoms with Crippen LogP contribution in [-0.4, -0.2) is 31.1 Å². The lowest BCUT2D eigenvalue weighted by Gasteiger charge is -2.29. The Kier molecular flexibility index (Phi) is 6.75. The average Bonchev–Trinajstić information content (AvgIpc) is 3.13. The van der Waals surface area contributed by atoms with Gasteiger partial charge in [0, 0.05) is 25.0 Å². The van der Waals surface area contributed by atoms with E-state index in [1.165, 1.54) is 0 Å². The number of halogens is 2. The first-order chi connectivity index (χ1) is 16.9. The standard InChI is InChI=1S/C26H25BrClN5O2/c1-16-21(12-18(28)14-30-16)25(34)31-19-8-6-17(7-9-19)15-32-22-4-2-3-5-23(22)33(26(32)35)20-10-11-29-24(27)13-20/h2-5,10-14,17,19H,6-9,15H2,1H3,(H,31,34). The number of aromatic nitrogens is 4. The van der Waals surface area contributed by atoms with E-state index in [4.69, 9.17) is 11.6 Å². The molecule has 0 radical (unpaired) electrons. The predicted molar refractivity (Wildman–Crippen MR) is 140 cm³/mol. The summed E-state index contributed by atoms with van der Waals surface area (Å²) in [5, 5.41) is 3.59. The van der Waals surface area contributed by atoms with E-state index in [1.54, 1.807) is 30.0 Å². The van der Waals surface area contributed by atoms with E-state index in [9.17, 15) is 9.59 Å². The molecule has 0 atom stereocenters. The van der Waals surface area contributed by atoms with Crippen molar-refractivity contribution in [3.05, 3.63) is 86.2 Å². The molecule has 1 aliphatic carbocycles. The lowest BCUT2D eigenvalue weighted by atomic mass is 9.85. The third kappa shape index (κ3) is 4.90. The molecule has 3 aromatic heterocycles. The van der Waals surface area contributed by atoms with Crippen LogP contribution < -0.4 is 11.0 Å². The minimum Gasteiger partial charge on any atom is -0.349 e. The van der Waals surface area contributed by atoms with E-state index >= 15 is 0 Å². The van der Waals surface area contributed by atoms with E-state index < -0.39 is 0 Å². The van der Waals surface area contributed by atoms with Gasteiger partial charge in [0.25, 0.3) is 5.91 Å². The lowest BCUT2D eigenvalue weighted by molar-refractivity contribution is 0.0919. The summed E-state index contributed by atoms with van der Waals surface area (Å²) in [7, 11) is 0. The van der Waals surface area contributed by atoms with Gasteiger partial charge >= 0.3 is 5.69 Å². The normalized spacial score (nSPS) is 18.0. The van der Waals surface area contributed by atoms with Gasteiger partial charge < -0.3 is 5.32 Å². The number of rotatable bonds is 5. The van der Waals surface area contributed by atoms with E-state index in [-0.39, 0.29) is 17.6 Å². The van der Waals surface area contributed by atoms with Crippen LogP contribution in [0.4, 0.5) is 0 Å². The zero-order valence-electron chi connectivity index (χ0n) is 19.2. The van der Waals surface area contributed by atoms with Crippen LogP contribution in [-0.2, 0) is 6.54 Å². The highest BCUT2D eigenvalue weighted by molar-refractivity contribution is 9.10. The number of hydrogen-bond donors (Lipinski definition) is 1. The topological polar surface area (TPSA) is 81.8 Å². The van der Waals surface area contributed by atoms with E-state index in [0.29, 0.717) is 33.3 Å². The Hall–Kier alpha value is -2.97. The highest BCUT2D eigenvalue weighted by Gasteiger charge is 2.25. The van der Waals surface area contributed by atoms with E-state index in [0.717, 1.165) is 42.4 Å². The smallest absolute Gasteiger partial charge is 0.333 e. The minimum atomic E-state index is -0.135. The van der Waals surface area contributed by atoms with E-state index in [2.05, 4.69) is 31.2 Å². The van der Waals surface area contributed by atoms with Crippen LogP contribution >= 0.6 is 27.5 Å². The summed E-state index contributed by atoms with van der Waals surface area (Å²) < 4.78 is 4.31. The molecular formula is C26H25BrClN5O2. The largest absolute Gasteiger partial charge is 0.349 e. The zero-order chi connectivity index (χ0) is 24.5. The van der Waals surface area contributed by atoms with Crippen molar-refractivity contribution in [2.75, 3.05) is 0 Å². The van der Waals surface area contributed by atoms with Crippen molar-refractivity contribution in [1.29, 1.82) is 0 Å². The number of pyridine rings is 2. The van der Waals surface area contributed by atoms with Crippen LogP contribution in [0, 0.1) is 12.8 Å². The van der Waals surface area contributed by atoms with Gasteiger partial charge in [-0.15, -0.1) is 0 Å². The lowest BCUT2D eigenvalue weighted by Crippen LogP contribution is -2.39. The molecule has 180 valence electrons. The molecule has 7 nitrogen and oxygen atoms in total. The van der Waals surface area contributed by atoms with Gasteiger partial charge in [0.1, 0.15) is 4.60 Å². The van der Waals surface area contributed by atoms with Crippen LogP contribution in [0.15, 0.2) is 64.3 Å². The summed E-state index contributed by atoms with van der Waals surface area (Å²) in [6.45, 7) is 2.46. The molecule has 0 saturated heterocycles. The second-order valence-electron chi connectivity index (χ2n) is 9.03. The molecule has 4 aromatic rings. The number of hydrogen-bond acceptors (Lipinski definition) is 4. The van der Waals surface area contributed by atoms with Crippen molar-refractivity contribution in [2.45, 2.75) is 45.2 Å². The van der Waals surface area contributed by atoms with Gasteiger partial charge in [-0.3, -0.25) is 18.9 Å². The summed E-state index contributed by atoms with van der Waals surface area (Å²) >= 11 is 9.43. The molecule has 1 amide bonds. The van der Waals surface area contributed by atoms with Crippen molar-refractivity contribution in [1.82, 2.24) is 24.4 Å². The number of amides is 1. The van der Waals surface area contributed by atoms with Crippen molar-refractivity contribution in [3.63, 3.8) is 0 Å². The maximum atomic E-state index is 13.5. The van der Waals surface area contributed by atoms with Crippen LogP contribution in [0.25, 0.3) is 16.7 Å². The molecule has 9 heteroatoms. The molecule has 1 fully saturated rings. The Morgan fingerprint density at radius 1 is 1.11 bits per heavy atom.